The molecule has 2 heterocycles. The van der Waals surface area contributed by atoms with Crippen molar-refractivity contribution in [3.8, 4) is 34.3 Å². The van der Waals surface area contributed by atoms with Gasteiger partial charge in [-0.3, -0.25) is 9.48 Å². The number of aryl methyl sites for hydroxylation is 1. The number of ether oxygens (including phenoxy) is 2. The molecule has 1 N–H and O–H groups in total. The average Bonchev–Trinajstić information content (AvgIpc) is 3.45. The number of methoxy groups -OCH3 is 1. The van der Waals surface area contributed by atoms with Crippen molar-refractivity contribution in [3.05, 3.63) is 47.9 Å². The number of carboxylic acid groups (broad SMARTS) is 1. The minimum Gasteiger partial charge on any atom is -0.502 e. The van der Waals surface area contributed by atoms with E-state index in [0.29, 0.717) is 47.1 Å². The lowest BCUT2D eigenvalue weighted by atomic mass is 10.1. The van der Waals surface area contributed by atoms with Gasteiger partial charge in [0, 0.05) is 30.0 Å². The maximum Gasteiger partial charge on any atom is 0.303 e. The fourth-order valence-electron chi connectivity index (χ4n) is 3.55. The highest BCUT2D eigenvalue weighted by molar-refractivity contribution is 5.87. The van der Waals surface area contributed by atoms with Gasteiger partial charge < -0.3 is 19.1 Å². The van der Waals surface area contributed by atoms with E-state index < -0.39 is 5.97 Å². The first-order chi connectivity index (χ1) is 16.4. The van der Waals surface area contributed by atoms with E-state index in [1.165, 1.54) is 0 Å². The van der Waals surface area contributed by atoms with Crippen LogP contribution >= 0.6 is 0 Å². The summed E-state index contributed by atoms with van der Waals surface area (Å²) < 4.78 is 18.5. The van der Waals surface area contributed by atoms with Gasteiger partial charge in [-0.25, -0.2) is 4.85 Å². The number of benzene rings is 2. The zero-order valence-corrected chi connectivity index (χ0v) is 19.0. The van der Waals surface area contributed by atoms with Crippen LogP contribution in [-0.2, 0) is 11.3 Å². The summed E-state index contributed by atoms with van der Waals surface area (Å²) in [5.74, 6) is 0.792. The summed E-state index contributed by atoms with van der Waals surface area (Å²) in [5, 5.41) is 18.2. The highest BCUT2D eigenvalue weighted by Crippen LogP contribution is 2.36. The summed E-state index contributed by atoms with van der Waals surface area (Å²) in [6, 6.07) is 8.82. The summed E-state index contributed by atoms with van der Waals surface area (Å²) in [5.41, 5.74) is 2.41. The SMILES string of the molecule is [C-]#[N+]c1cc(-c2nc(-c3cc4cnn(CCCC(=O)O)c4cc3OC)no2)ccc1OC(C)C. The van der Waals surface area contributed by atoms with E-state index in [1.54, 1.807) is 36.2 Å². The lowest BCUT2D eigenvalue weighted by Gasteiger charge is -2.11. The number of hydrogen-bond acceptors (Lipinski definition) is 7. The molecule has 2 aromatic carbocycles. The first-order valence-corrected chi connectivity index (χ1v) is 10.7. The van der Waals surface area contributed by atoms with E-state index in [-0.39, 0.29) is 18.4 Å². The Morgan fingerprint density at radius 1 is 1.26 bits per heavy atom. The number of nitrogens with zero attached hydrogens (tertiary/aromatic N) is 5. The van der Waals surface area contributed by atoms with Crippen LogP contribution < -0.4 is 9.47 Å². The van der Waals surface area contributed by atoms with Gasteiger partial charge in [-0.1, -0.05) is 5.16 Å². The lowest BCUT2D eigenvalue weighted by Crippen LogP contribution is -2.05. The van der Waals surface area contributed by atoms with Crippen LogP contribution in [0.4, 0.5) is 5.69 Å². The quantitative estimate of drug-likeness (QED) is 0.348. The fraction of sp³-hybridized carbons (Fsp3) is 0.292. The van der Waals surface area contributed by atoms with Crippen molar-refractivity contribution >= 4 is 22.6 Å². The highest BCUT2D eigenvalue weighted by atomic mass is 16.5. The van der Waals surface area contributed by atoms with Crippen LogP contribution in [0.2, 0.25) is 0 Å². The Hall–Kier alpha value is -4.39. The molecule has 0 aliphatic carbocycles. The van der Waals surface area contributed by atoms with Crippen LogP contribution in [0.25, 0.3) is 38.6 Å². The van der Waals surface area contributed by atoms with Crippen LogP contribution in [-0.4, -0.2) is 44.2 Å². The number of hydrogen-bond donors (Lipinski definition) is 1. The van der Waals surface area contributed by atoms with Crippen molar-refractivity contribution < 1.29 is 23.9 Å². The zero-order valence-electron chi connectivity index (χ0n) is 19.0. The Kier molecular flexibility index (Phi) is 6.45. The molecule has 0 amide bonds. The normalized spacial score (nSPS) is 11.0. The van der Waals surface area contributed by atoms with E-state index in [9.17, 15) is 4.79 Å². The smallest absolute Gasteiger partial charge is 0.303 e. The Labute approximate surface area is 195 Å². The topological polar surface area (TPSA) is 117 Å². The molecule has 10 nitrogen and oxygen atoms in total. The fourth-order valence-corrected chi connectivity index (χ4v) is 3.55. The summed E-state index contributed by atoms with van der Waals surface area (Å²) in [6.45, 7) is 11.7. The molecule has 0 spiro atoms. The van der Waals surface area contributed by atoms with Crippen LogP contribution in [0, 0.1) is 6.57 Å². The average molecular weight is 461 g/mol. The third-order valence-corrected chi connectivity index (χ3v) is 5.08. The second kappa shape index (κ2) is 9.62. The highest BCUT2D eigenvalue weighted by Gasteiger charge is 2.18. The van der Waals surface area contributed by atoms with Gasteiger partial charge in [0.1, 0.15) is 11.5 Å². The molecule has 0 atom stereocenters. The molecular weight excluding hydrogens is 438 g/mol. The van der Waals surface area contributed by atoms with Crippen LogP contribution in [0.1, 0.15) is 26.7 Å². The molecule has 34 heavy (non-hydrogen) atoms. The van der Waals surface area contributed by atoms with Gasteiger partial charge >= 0.3 is 5.97 Å². The first-order valence-electron chi connectivity index (χ1n) is 10.7. The molecule has 0 saturated heterocycles. The van der Waals surface area contributed by atoms with Crippen LogP contribution in [0.3, 0.4) is 0 Å². The molecule has 4 rings (SSSR count). The van der Waals surface area contributed by atoms with Crippen molar-refractivity contribution in [2.45, 2.75) is 39.3 Å². The summed E-state index contributed by atoms with van der Waals surface area (Å²) in [6.07, 6.45) is 2.19. The molecule has 0 unspecified atom stereocenters. The molecule has 2 aromatic heterocycles. The first kappa shape index (κ1) is 22.8. The largest absolute Gasteiger partial charge is 0.502 e. The molecule has 0 aliphatic heterocycles. The number of aromatic nitrogens is 4. The minimum atomic E-state index is -0.838. The second-order valence-corrected chi connectivity index (χ2v) is 7.86. The zero-order chi connectivity index (χ0) is 24.2. The molecule has 4 aromatic rings. The Morgan fingerprint density at radius 2 is 2.09 bits per heavy atom. The number of carboxylic acids is 1. The number of fused-ring (bicyclic) bond motifs is 1. The molecule has 0 saturated carbocycles. The van der Waals surface area contributed by atoms with Crippen molar-refractivity contribution in [1.82, 2.24) is 19.9 Å². The monoisotopic (exact) mass is 461 g/mol. The Balaban J connectivity index is 1.65. The van der Waals surface area contributed by atoms with Gasteiger partial charge in [0.05, 0.1) is 37.1 Å². The maximum absolute atomic E-state index is 10.8. The van der Waals surface area contributed by atoms with Crippen molar-refractivity contribution in [2.75, 3.05) is 7.11 Å². The van der Waals surface area contributed by atoms with E-state index in [0.717, 1.165) is 10.9 Å². The third-order valence-electron chi connectivity index (χ3n) is 5.08. The summed E-state index contributed by atoms with van der Waals surface area (Å²) >= 11 is 0. The van der Waals surface area contributed by atoms with Crippen molar-refractivity contribution in [1.29, 1.82) is 0 Å². The van der Waals surface area contributed by atoms with Gasteiger partial charge in [-0.2, -0.15) is 10.1 Å². The second-order valence-electron chi connectivity index (χ2n) is 7.86. The van der Waals surface area contributed by atoms with E-state index in [4.69, 9.17) is 25.7 Å². The predicted molar refractivity (Wildman–Crippen MR) is 124 cm³/mol. The van der Waals surface area contributed by atoms with Crippen LogP contribution in [0.15, 0.2) is 41.1 Å². The molecule has 0 fully saturated rings. The minimum absolute atomic E-state index is 0.0507. The van der Waals surface area contributed by atoms with Gasteiger partial charge in [0.15, 0.2) is 0 Å². The molecule has 0 aliphatic rings. The van der Waals surface area contributed by atoms with E-state index in [2.05, 4.69) is 20.1 Å². The molecule has 10 heteroatoms. The lowest BCUT2D eigenvalue weighted by molar-refractivity contribution is -0.137. The molecular formula is C24H23N5O5. The van der Waals surface area contributed by atoms with Gasteiger partial charge in [-0.05, 0) is 44.5 Å². The molecule has 174 valence electrons. The standard InChI is InChI=1S/C24H23N5O5/c1-14(2)33-20-8-7-15(11-18(20)25-3)24-27-23(28-34-24)17-10-16-13-26-29(9-5-6-22(30)31)19(16)12-21(17)32-4/h7-8,10-14H,5-6,9H2,1-2,4H3,(H,30,31). The molecule has 0 radical (unpaired) electrons. The maximum atomic E-state index is 10.8. The summed E-state index contributed by atoms with van der Waals surface area (Å²) in [7, 11) is 1.55. The van der Waals surface area contributed by atoms with Crippen molar-refractivity contribution in [2.24, 2.45) is 0 Å². The Morgan fingerprint density at radius 3 is 2.79 bits per heavy atom. The number of aliphatic carboxylic acids is 1. The predicted octanol–water partition coefficient (Wildman–Crippen LogP) is 4.96. The number of carbonyl (C=O) groups is 1. The van der Waals surface area contributed by atoms with Gasteiger partial charge in [0.2, 0.25) is 11.5 Å². The number of rotatable bonds is 9. The third kappa shape index (κ3) is 4.68. The van der Waals surface area contributed by atoms with Gasteiger partial charge in [0.25, 0.3) is 5.89 Å². The van der Waals surface area contributed by atoms with Crippen LogP contribution in [0.5, 0.6) is 11.5 Å². The Bertz CT molecular complexity index is 1380. The molecule has 0 bridgehead atoms. The van der Waals surface area contributed by atoms with E-state index in [1.807, 2.05) is 26.0 Å². The van der Waals surface area contributed by atoms with E-state index >= 15 is 0 Å². The van der Waals surface area contributed by atoms with Crippen molar-refractivity contribution in [3.63, 3.8) is 0 Å². The summed E-state index contributed by atoms with van der Waals surface area (Å²) in [4.78, 5) is 18.9. The van der Waals surface area contributed by atoms with Gasteiger partial charge in [-0.15, -0.1) is 0 Å².